The average Bonchev–Trinajstić information content (AvgIpc) is 3.00. The number of hydrogen-bond acceptors (Lipinski definition) is 3. The number of fused-ring (bicyclic) bond motifs is 1. The van der Waals surface area contributed by atoms with Gasteiger partial charge in [-0.05, 0) is 37.1 Å². The van der Waals surface area contributed by atoms with Gasteiger partial charge in [0.1, 0.15) is 6.04 Å². The zero-order valence-electron chi connectivity index (χ0n) is 11.7. The second-order valence-corrected chi connectivity index (χ2v) is 6.57. The van der Waals surface area contributed by atoms with Crippen molar-refractivity contribution in [1.82, 2.24) is 5.32 Å². The summed E-state index contributed by atoms with van der Waals surface area (Å²) in [4.78, 5) is 14.7. The number of thiophene rings is 1. The smallest absolute Gasteiger partial charge is 0.243 e. The molecule has 2 heterocycles. The van der Waals surface area contributed by atoms with Crippen LogP contribution in [0.4, 0.5) is 5.69 Å². The predicted molar refractivity (Wildman–Crippen MR) is 83.2 cm³/mol. The van der Waals surface area contributed by atoms with E-state index in [9.17, 15) is 4.79 Å². The normalized spacial score (nSPS) is 16.6. The molecule has 1 amide bonds. The van der Waals surface area contributed by atoms with Crippen LogP contribution < -0.4 is 10.6 Å². The molecule has 0 radical (unpaired) electrons. The lowest BCUT2D eigenvalue weighted by atomic mass is 10.1. The summed E-state index contributed by atoms with van der Waals surface area (Å²) in [5, 5.41) is 6.30. The Morgan fingerprint density at radius 2 is 2.20 bits per heavy atom. The second kappa shape index (κ2) is 5.29. The number of rotatable bonds is 3. The van der Waals surface area contributed by atoms with Gasteiger partial charge in [-0.2, -0.15) is 0 Å². The van der Waals surface area contributed by atoms with E-state index in [1.54, 1.807) is 11.3 Å². The molecular weight excluding hydrogens is 268 g/mol. The van der Waals surface area contributed by atoms with Gasteiger partial charge in [0.15, 0.2) is 0 Å². The largest absolute Gasteiger partial charge is 0.373 e. The summed E-state index contributed by atoms with van der Waals surface area (Å²) in [5.74, 6) is 0.0740. The lowest BCUT2D eigenvalue weighted by Gasteiger charge is -2.11. The molecule has 0 spiro atoms. The Hall–Kier alpha value is -1.81. The molecule has 0 fully saturated rings. The molecule has 0 bridgehead atoms. The molecule has 104 valence electrons. The first-order chi connectivity index (χ1) is 9.63. The third kappa shape index (κ3) is 2.56. The molecule has 0 saturated heterocycles. The van der Waals surface area contributed by atoms with Crippen molar-refractivity contribution in [2.24, 2.45) is 0 Å². The second-order valence-electron chi connectivity index (χ2n) is 5.23. The standard InChI is InChI=1S/C16H18N2OS/c1-10-7-13(20-11(10)2)9-17-16(19)15-8-12-5-3-4-6-14(12)18-15/h3-7,15,18H,8-9H2,1-2H3,(H,17,19)/t15-/m0/s1. The van der Waals surface area contributed by atoms with Crippen LogP contribution in [0.2, 0.25) is 0 Å². The van der Waals surface area contributed by atoms with E-state index in [1.165, 1.54) is 20.9 Å². The van der Waals surface area contributed by atoms with E-state index in [0.717, 1.165) is 12.1 Å². The van der Waals surface area contributed by atoms with Gasteiger partial charge in [-0.3, -0.25) is 4.79 Å². The summed E-state index contributed by atoms with van der Waals surface area (Å²) < 4.78 is 0. The number of carbonyl (C=O) groups is 1. The number of nitrogens with one attached hydrogen (secondary N) is 2. The average molecular weight is 286 g/mol. The lowest BCUT2D eigenvalue weighted by Crippen LogP contribution is -2.37. The third-order valence-electron chi connectivity index (χ3n) is 3.74. The minimum atomic E-state index is -0.144. The highest BCUT2D eigenvalue weighted by atomic mass is 32.1. The van der Waals surface area contributed by atoms with E-state index in [1.807, 2.05) is 18.2 Å². The topological polar surface area (TPSA) is 41.1 Å². The Morgan fingerprint density at radius 3 is 2.90 bits per heavy atom. The van der Waals surface area contributed by atoms with Gasteiger partial charge in [0.2, 0.25) is 5.91 Å². The zero-order chi connectivity index (χ0) is 14.1. The summed E-state index contributed by atoms with van der Waals surface area (Å²) in [7, 11) is 0. The summed E-state index contributed by atoms with van der Waals surface area (Å²) >= 11 is 1.75. The zero-order valence-corrected chi connectivity index (χ0v) is 12.5. The van der Waals surface area contributed by atoms with E-state index >= 15 is 0 Å². The number of para-hydroxylation sites is 1. The molecule has 2 N–H and O–H groups in total. The van der Waals surface area contributed by atoms with Crippen molar-refractivity contribution in [3.8, 4) is 0 Å². The van der Waals surface area contributed by atoms with Crippen LogP contribution in [0.3, 0.4) is 0 Å². The minimum absolute atomic E-state index is 0.0740. The van der Waals surface area contributed by atoms with Crippen molar-refractivity contribution in [3.63, 3.8) is 0 Å². The van der Waals surface area contributed by atoms with Crippen molar-refractivity contribution in [1.29, 1.82) is 0 Å². The van der Waals surface area contributed by atoms with Crippen molar-refractivity contribution < 1.29 is 4.79 Å². The molecule has 1 atom stereocenters. The van der Waals surface area contributed by atoms with Crippen LogP contribution >= 0.6 is 11.3 Å². The Kier molecular flexibility index (Phi) is 3.49. The van der Waals surface area contributed by atoms with Gasteiger partial charge in [-0.25, -0.2) is 0 Å². The molecule has 2 aromatic rings. The van der Waals surface area contributed by atoms with Crippen LogP contribution in [0.1, 0.15) is 20.9 Å². The van der Waals surface area contributed by atoms with Crippen molar-refractivity contribution >= 4 is 22.9 Å². The first-order valence-electron chi connectivity index (χ1n) is 6.81. The van der Waals surface area contributed by atoms with Crippen molar-refractivity contribution in [3.05, 3.63) is 51.2 Å². The summed E-state index contributed by atoms with van der Waals surface area (Å²) in [6.07, 6.45) is 0.768. The predicted octanol–water partition coefficient (Wildman–Crippen LogP) is 3.02. The van der Waals surface area contributed by atoms with Gasteiger partial charge in [0.25, 0.3) is 0 Å². The molecule has 0 unspecified atom stereocenters. The number of aryl methyl sites for hydroxylation is 2. The maximum atomic E-state index is 12.2. The number of amides is 1. The highest BCUT2D eigenvalue weighted by Crippen LogP contribution is 2.25. The van der Waals surface area contributed by atoms with Crippen LogP contribution in [0.15, 0.2) is 30.3 Å². The summed E-state index contributed by atoms with van der Waals surface area (Å²) in [6, 6.07) is 10.1. The SMILES string of the molecule is Cc1cc(CNC(=O)[C@@H]2Cc3ccccc3N2)sc1C. The van der Waals surface area contributed by atoms with Crippen LogP contribution in [0.5, 0.6) is 0 Å². The van der Waals surface area contributed by atoms with Crippen LogP contribution in [0, 0.1) is 13.8 Å². The van der Waals surface area contributed by atoms with Gasteiger partial charge in [0.05, 0.1) is 6.54 Å². The van der Waals surface area contributed by atoms with E-state index in [4.69, 9.17) is 0 Å². The number of carbonyl (C=O) groups excluding carboxylic acids is 1. The van der Waals surface area contributed by atoms with E-state index in [-0.39, 0.29) is 11.9 Å². The monoisotopic (exact) mass is 286 g/mol. The fraction of sp³-hybridized carbons (Fsp3) is 0.312. The first-order valence-corrected chi connectivity index (χ1v) is 7.63. The van der Waals surface area contributed by atoms with Gasteiger partial charge < -0.3 is 10.6 Å². The lowest BCUT2D eigenvalue weighted by molar-refractivity contribution is -0.121. The molecular formula is C16H18N2OS. The van der Waals surface area contributed by atoms with Gasteiger partial charge >= 0.3 is 0 Å². The number of benzene rings is 1. The fourth-order valence-electron chi connectivity index (χ4n) is 2.49. The third-order valence-corrected chi connectivity index (χ3v) is 4.89. The highest BCUT2D eigenvalue weighted by molar-refractivity contribution is 7.12. The number of hydrogen-bond donors (Lipinski definition) is 2. The molecule has 0 saturated carbocycles. The van der Waals surface area contributed by atoms with Gasteiger partial charge in [-0.1, -0.05) is 18.2 Å². The van der Waals surface area contributed by atoms with Crippen LogP contribution in [-0.4, -0.2) is 11.9 Å². The molecule has 1 aromatic heterocycles. The van der Waals surface area contributed by atoms with Crippen LogP contribution in [-0.2, 0) is 17.8 Å². The highest BCUT2D eigenvalue weighted by Gasteiger charge is 2.25. The van der Waals surface area contributed by atoms with E-state index in [0.29, 0.717) is 6.54 Å². The summed E-state index contributed by atoms with van der Waals surface area (Å²) in [5.41, 5.74) is 3.59. The van der Waals surface area contributed by atoms with Crippen LogP contribution in [0.25, 0.3) is 0 Å². The first kappa shape index (κ1) is 13.2. The quantitative estimate of drug-likeness (QED) is 0.910. The molecule has 1 aliphatic rings. The van der Waals surface area contributed by atoms with Gasteiger partial charge in [-0.15, -0.1) is 11.3 Å². The minimum Gasteiger partial charge on any atom is -0.373 e. The molecule has 1 aromatic carbocycles. The Balaban J connectivity index is 1.59. The van der Waals surface area contributed by atoms with E-state index < -0.39 is 0 Å². The maximum Gasteiger partial charge on any atom is 0.243 e. The molecule has 3 nitrogen and oxygen atoms in total. The van der Waals surface area contributed by atoms with Gasteiger partial charge in [0, 0.05) is 21.9 Å². The van der Waals surface area contributed by atoms with E-state index in [2.05, 4.69) is 36.6 Å². The maximum absolute atomic E-state index is 12.2. The molecule has 4 heteroatoms. The van der Waals surface area contributed by atoms with Crippen molar-refractivity contribution in [2.75, 3.05) is 5.32 Å². The Morgan fingerprint density at radius 1 is 1.40 bits per heavy atom. The van der Waals surface area contributed by atoms with Crippen molar-refractivity contribution in [2.45, 2.75) is 32.9 Å². The molecule has 20 heavy (non-hydrogen) atoms. The fourth-order valence-corrected chi connectivity index (χ4v) is 3.48. The summed E-state index contributed by atoms with van der Waals surface area (Å²) in [6.45, 7) is 4.83. The molecule has 1 aliphatic heterocycles. The molecule has 3 rings (SSSR count). The number of anilines is 1. The molecule has 0 aliphatic carbocycles. The Bertz CT molecular complexity index is 603. The Labute approximate surface area is 123 Å².